The molecule has 3 saturated carbocycles. The van der Waals surface area contributed by atoms with Crippen LogP contribution in [0.15, 0.2) is 11.3 Å². The van der Waals surface area contributed by atoms with E-state index in [1.165, 1.54) is 19.3 Å². The van der Waals surface area contributed by atoms with Gasteiger partial charge in [-0.25, -0.2) is 4.57 Å². The second kappa shape index (κ2) is 13.4. The van der Waals surface area contributed by atoms with Crippen LogP contribution in [0, 0.1) is 46.3 Å². The first-order valence-corrected chi connectivity index (χ1v) is 18.7. The van der Waals surface area contributed by atoms with Gasteiger partial charge in [0, 0.05) is 0 Å². The average molecular weight is 661 g/mol. The Bertz CT molecular complexity index is 1120. The summed E-state index contributed by atoms with van der Waals surface area (Å²) in [4.78, 5) is 19.2. The Kier molecular flexibility index (Phi) is 10.6. The molecule has 12 heteroatoms. The van der Waals surface area contributed by atoms with E-state index in [0.29, 0.717) is 36.2 Å². The lowest BCUT2D eigenvalue weighted by molar-refractivity contribution is -0.297. The molecule has 0 spiro atoms. The standard InChI is InChI=1S/C33H57O11P/c1-17(2)7-6-8-18(3)20-9-10-21-25-22(12-14-32(20,21)4)33(5)13-11-19(44-45(39,40)41)15-23(33)30(27(25)36)43-31-29(38)28(37)26(35)24(16-34)42-31/h17-22,24-29,31,34-38H,6-16H2,1-5H3,(H2,39,40,41)/t18-,19?,20-,21?,22?,24-,25?,26-,27?,28+,29-,31-,32-,33-/m1/s1. The molecule has 1 heterocycles. The second-order valence-corrected chi connectivity index (χ2v) is 17.0. The summed E-state index contributed by atoms with van der Waals surface area (Å²) in [7, 11) is -4.77. The van der Waals surface area contributed by atoms with Gasteiger partial charge < -0.3 is 44.8 Å². The summed E-state index contributed by atoms with van der Waals surface area (Å²) in [6, 6.07) is 0. The van der Waals surface area contributed by atoms with Crippen molar-refractivity contribution in [1.82, 2.24) is 0 Å². The summed E-state index contributed by atoms with van der Waals surface area (Å²) in [5.41, 5.74) is 0.283. The Morgan fingerprint density at radius 3 is 2.29 bits per heavy atom. The quantitative estimate of drug-likeness (QED) is 0.170. The van der Waals surface area contributed by atoms with Crippen molar-refractivity contribution >= 4 is 7.82 Å². The molecule has 5 aliphatic rings. The van der Waals surface area contributed by atoms with Gasteiger partial charge >= 0.3 is 7.82 Å². The topological polar surface area (TPSA) is 186 Å². The molecule has 260 valence electrons. The maximum absolute atomic E-state index is 12.3. The molecule has 4 fully saturated rings. The van der Waals surface area contributed by atoms with Crippen molar-refractivity contribution in [2.45, 2.75) is 142 Å². The third kappa shape index (κ3) is 6.70. The molecule has 1 aliphatic heterocycles. The molecule has 0 aromatic carbocycles. The van der Waals surface area contributed by atoms with Gasteiger partial charge in [0.25, 0.3) is 0 Å². The minimum atomic E-state index is -4.77. The molecular weight excluding hydrogens is 603 g/mol. The first-order valence-electron chi connectivity index (χ1n) is 17.1. The van der Waals surface area contributed by atoms with E-state index < -0.39 is 62.8 Å². The second-order valence-electron chi connectivity index (χ2n) is 15.8. The molecule has 11 nitrogen and oxygen atoms in total. The number of phosphoric ester groups is 1. The van der Waals surface area contributed by atoms with Gasteiger partial charge in [0.1, 0.15) is 36.3 Å². The highest BCUT2D eigenvalue weighted by atomic mass is 31.2. The van der Waals surface area contributed by atoms with Gasteiger partial charge in [-0.1, -0.05) is 53.9 Å². The van der Waals surface area contributed by atoms with Crippen LogP contribution in [-0.4, -0.2) is 84.8 Å². The van der Waals surface area contributed by atoms with Crippen molar-refractivity contribution in [3.63, 3.8) is 0 Å². The van der Waals surface area contributed by atoms with Crippen LogP contribution in [0.2, 0.25) is 0 Å². The predicted molar refractivity (Wildman–Crippen MR) is 165 cm³/mol. The van der Waals surface area contributed by atoms with Crippen LogP contribution in [0.5, 0.6) is 0 Å². The van der Waals surface area contributed by atoms with Crippen molar-refractivity contribution in [2.24, 2.45) is 46.3 Å². The van der Waals surface area contributed by atoms with Crippen LogP contribution >= 0.6 is 7.82 Å². The Balaban J connectivity index is 1.49. The fourth-order valence-corrected chi connectivity index (χ4v) is 11.0. The van der Waals surface area contributed by atoms with Crippen LogP contribution in [0.25, 0.3) is 0 Å². The van der Waals surface area contributed by atoms with E-state index in [2.05, 4.69) is 34.6 Å². The van der Waals surface area contributed by atoms with E-state index in [9.17, 15) is 39.9 Å². The summed E-state index contributed by atoms with van der Waals surface area (Å²) in [6.45, 7) is 10.9. The molecule has 14 atom stereocenters. The van der Waals surface area contributed by atoms with E-state index in [4.69, 9.17) is 14.0 Å². The van der Waals surface area contributed by atoms with E-state index in [1.807, 2.05) is 0 Å². The van der Waals surface area contributed by atoms with Crippen molar-refractivity contribution < 1.29 is 53.9 Å². The van der Waals surface area contributed by atoms with Crippen molar-refractivity contribution in [1.29, 1.82) is 0 Å². The third-order valence-corrected chi connectivity index (χ3v) is 13.3. The molecule has 5 rings (SSSR count). The Hall–Kier alpha value is -0.590. The van der Waals surface area contributed by atoms with Crippen LogP contribution in [-0.2, 0) is 18.6 Å². The minimum Gasteiger partial charge on any atom is -0.464 e. The van der Waals surface area contributed by atoms with E-state index >= 15 is 0 Å². The summed E-state index contributed by atoms with van der Waals surface area (Å²) in [5, 5.41) is 53.7. The molecule has 0 aromatic rings. The van der Waals surface area contributed by atoms with Crippen LogP contribution in [0.4, 0.5) is 0 Å². The Labute approximate surface area is 267 Å². The molecule has 4 aliphatic carbocycles. The van der Waals surface area contributed by atoms with Gasteiger partial charge in [-0.2, -0.15) is 0 Å². The average Bonchev–Trinajstić information content (AvgIpc) is 3.32. The highest BCUT2D eigenvalue weighted by Crippen LogP contribution is 2.68. The highest BCUT2D eigenvalue weighted by molar-refractivity contribution is 7.46. The molecule has 0 radical (unpaired) electrons. The molecule has 1 saturated heterocycles. The number of aliphatic hydroxyl groups is 5. The zero-order valence-corrected chi connectivity index (χ0v) is 28.4. The van der Waals surface area contributed by atoms with Gasteiger partial charge in [0.15, 0.2) is 0 Å². The minimum absolute atomic E-state index is 0.0439. The number of ether oxygens (including phenoxy) is 2. The summed E-state index contributed by atoms with van der Waals surface area (Å²) in [5.74, 6) is 2.21. The number of hydrogen-bond donors (Lipinski definition) is 7. The van der Waals surface area contributed by atoms with Gasteiger partial charge in [-0.05, 0) is 96.9 Å². The van der Waals surface area contributed by atoms with Crippen LogP contribution in [0.3, 0.4) is 0 Å². The number of fused-ring (bicyclic) bond motifs is 5. The highest BCUT2D eigenvalue weighted by Gasteiger charge is 2.63. The third-order valence-electron chi connectivity index (χ3n) is 12.8. The first-order chi connectivity index (χ1) is 21.0. The molecule has 0 aromatic heterocycles. The van der Waals surface area contributed by atoms with Crippen molar-refractivity contribution in [3.8, 4) is 0 Å². The van der Waals surface area contributed by atoms with Gasteiger partial charge in [-0.15, -0.1) is 0 Å². The molecular formula is C33H57O11P. The lowest BCUT2D eigenvalue weighted by Crippen LogP contribution is -2.60. The van der Waals surface area contributed by atoms with Crippen molar-refractivity contribution in [2.75, 3.05) is 6.61 Å². The molecule has 7 N–H and O–H groups in total. The number of hydrogen-bond acceptors (Lipinski definition) is 9. The molecule has 0 bridgehead atoms. The van der Waals surface area contributed by atoms with E-state index in [0.717, 1.165) is 25.7 Å². The maximum Gasteiger partial charge on any atom is 0.469 e. The lowest BCUT2D eigenvalue weighted by atomic mass is 9.46. The summed E-state index contributed by atoms with van der Waals surface area (Å²) in [6.07, 6.45) is -0.519. The van der Waals surface area contributed by atoms with Crippen LogP contribution in [0.1, 0.15) is 98.8 Å². The van der Waals surface area contributed by atoms with Gasteiger partial charge in [0.2, 0.25) is 6.29 Å². The normalized spacial score (nSPS) is 46.0. The monoisotopic (exact) mass is 660 g/mol. The Morgan fingerprint density at radius 2 is 1.64 bits per heavy atom. The lowest BCUT2D eigenvalue weighted by Gasteiger charge is -2.60. The number of rotatable bonds is 10. The fourth-order valence-electron chi connectivity index (χ4n) is 10.4. The number of aliphatic hydroxyl groups excluding tert-OH is 5. The van der Waals surface area contributed by atoms with Gasteiger partial charge in [-0.3, -0.25) is 4.52 Å². The van der Waals surface area contributed by atoms with E-state index in [-0.39, 0.29) is 35.3 Å². The molecule has 5 unspecified atom stereocenters. The predicted octanol–water partition coefficient (Wildman–Crippen LogP) is 3.62. The van der Waals surface area contributed by atoms with Crippen molar-refractivity contribution in [3.05, 3.63) is 11.3 Å². The summed E-state index contributed by atoms with van der Waals surface area (Å²) < 4.78 is 29.0. The zero-order chi connectivity index (χ0) is 33.1. The Morgan fingerprint density at radius 1 is 0.933 bits per heavy atom. The molecule has 45 heavy (non-hydrogen) atoms. The maximum atomic E-state index is 12.3. The smallest absolute Gasteiger partial charge is 0.464 e. The van der Waals surface area contributed by atoms with Crippen LogP contribution < -0.4 is 0 Å². The largest absolute Gasteiger partial charge is 0.469 e. The fraction of sp³-hybridized carbons (Fsp3) is 0.939. The first kappa shape index (κ1) is 35.7. The zero-order valence-electron chi connectivity index (χ0n) is 27.5. The number of phosphoric acid groups is 1. The van der Waals surface area contributed by atoms with E-state index in [1.54, 1.807) is 0 Å². The van der Waals surface area contributed by atoms with Gasteiger partial charge in [0.05, 0.1) is 12.7 Å². The SMILES string of the molecule is CC(C)CCC[C@@H](C)[C@H]1CCC2C3C(O)C(O[C@H]4O[C@H](CO)[C@@H](O)[C@H](O)[C@H]4O)=C4CC(OP(=O)(O)O)CC[C@]4(C)C3CC[C@@]21C. The molecule has 0 amide bonds. The summed E-state index contributed by atoms with van der Waals surface area (Å²) >= 11 is 0.